The van der Waals surface area contributed by atoms with Crippen LogP contribution in [0.3, 0.4) is 0 Å². The summed E-state index contributed by atoms with van der Waals surface area (Å²) in [5, 5.41) is 20.8. The van der Waals surface area contributed by atoms with Crippen LogP contribution in [0, 0.1) is 11.6 Å². The van der Waals surface area contributed by atoms with E-state index in [4.69, 9.17) is 9.47 Å². The van der Waals surface area contributed by atoms with Gasteiger partial charge >= 0.3 is 0 Å². The number of aromatic nitrogens is 1. The lowest BCUT2D eigenvalue weighted by Gasteiger charge is -2.32. The van der Waals surface area contributed by atoms with Crippen LogP contribution in [0.5, 0.6) is 0 Å². The number of methoxy groups -OCH3 is 1. The maximum Gasteiger partial charge on any atom is 0.149 e. The summed E-state index contributed by atoms with van der Waals surface area (Å²) in [5.74, 6) is -0.564. The second kappa shape index (κ2) is 12.1. The monoisotopic (exact) mass is 490 g/mol. The number of ether oxygens (including phenoxy) is 2. The van der Waals surface area contributed by atoms with Gasteiger partial charge in [0.15, 0.2) is 0 Å². The molecule has 35 heavy (non-hydrogen) atoms. The second-order valence-electron chi connectivity index (χ2n) is 9.57. The van der Waals surface area contributed by atoms with Gasteiger partial charge in [-0.15, -0.1) is 0 Å². The van der Waals surface area contributed by atoms with Gasteiger partial charge in [0.1, 0.15) is 17.5 Å². The van der Waals surface area contributed by atoms with Gasteiger partial charge in [0.05, 0.1) is 18.4 Å². The van der Waals surface area contributed by atoms with Gasteiger partial charge in [0.25, 0.3) is 0 Å². The predicted molar refractivity (Wildman–Crippen MR) is 133 cm³/mol. The van der Waals surface area contributed by atoms with Gasteiger partial charge in [-0.25, -0.2) is 13.8 Å². The summed E-state index contributed by atoms with van der Waals surface area (Å²) in [5.41, 5.74) is 0.0575. The van der Waals surface area contributed by atoms with E-state index in [1.54, 1.807) is 25.3 Å². The minimum Gasteiger partial charge on any atom is -0.388 e. The van der Waals surface area contributed by atoms with E-state index < -0.39 is 17.2 Å². The van der Waals surface area contributed by atoms with Crippen molar-refractivity contribution in [1.82, 2.24) is 10.3 Å². The van der Waals surface area contributed by atoms with E-state index in [0.717, 1.165) is 38.4 Å². The Morgan fingerprint density at radius 1 is 1.06 bits per heavy atom. The van der Waals surface area contributed by atoms with E-state index in [0.29, 0.717) is 56.8 Å². The third-order valence-corrected chi connectivity index (χ3v) is 6.98. The average Bonchev–Trinajstić information content (AvgIpc) is 2.86. The SMILES string of the molecule is COCCN[C@H]1CC[C@H](Nc2cc(-c3cc(NCC4(O)CCOCC4)ccc3F)c(F)cn2)CC1. The van der Waals surface area contributed by atoms with Crippen molar-refractivity contribution >= 4 is 11.5 Å². The fourth-order valence-corrected chi connectivity index (χ4v) is 4.78. The molecule has 4 N–H and O–H groups in total. The summed E-state index contributed by atoms with van der Waals surface area (Å²) in [6, 6.07) is 6.78. The number of hydrogen-bond acceptors (Lipinski definition) is 7. The Balaban J connectivity index is 1.40. The highest BCUT2D eigenvalue weighted by molar-refractivity contribution is 5.71. The molecule has 2 aliphatic rings. The standard InChI is InChI=1S/C26H36F2N4O3/c1-34-13-10-29-18-2-4-19(5-3-18)32-25-15-22(24(28)16-30-25)21-14-20(6-7-23(21)27)31-17-26(33)8-11-35-12-9-26/h6-7,14-16,18-19,29,31,33H,2-5,8-13,17H2,1H3,(H,30,32)/t18-,19-. The molecule has 7 nitrogen and oxygen atoms in total. The van der Waals surface area contributed by atoms with Crippen molar-refractivity contribution in [2.24, 2.45) is 0 Å². The van der Waals surface area contributed by atoms with Crippen molar-refractivity contribution in [1.29, 1.82) is 0 Å². The van der Waals surface area contributed by atoms with Crippen molar-refractivity contribution in [3.8, 4) is 11.1 Å². The van der Waals surface area contributed by atoms with Crippen molar-refractivity contribution < 1.29 is 23.4 Å². The molecule has 9 heteroatoms. The lowest BCUT2D eigenvalue weighted by atomic mass is 9.91. The Labute approximate surface area is 205 Å². The van der Waals surface area contributed by atoms with Crippen molar-refractivity contribution in [3.05, 3.63) is 42.1 Å². The molecule has 0 radical (unpaired) electrons. The highest BCUT2D eigenvalue weighted by Crippen LogP contribution is 2.31. The third kappa shape index (κ3) is 7.10. The summed E-state index contributed by atoms with van der Waals surface area (Å²) in [7, 11) is 1.70. The molecule has 1 aliphatic heterocycles. The summed E-state index contributed by atoms with van der Waals surface area (Å²) >= 11 is 0. The van der Waals surface area contributed by atoms with Crippen LogP contribution in [-0.2, 0) is 9.47 Å². The van der Waals surface area contributed by atoms with Crippen LogP contribution in [0.4, 0.5) is 20.3 Å². The van der Waals surface area contributed by atoms with Gasteiger partial charge in [-0.1, -0.05) is 0 Å². The predicted octanol–water partition coefficient (Wildman–Crippen LogP) is 3.94. The van der Waals surface area contributed by atoms with Crippen LogP contribution in [-0.4, -0.2) is 67.8 Å². The first-order valence-corrected chi connectivity index (χ1v) is 12.4. The Morgan fingerprint density at radius 2 is 1.77 bits per heavy atom. The summed E-state index contributed by atoms with van der Waals surface area (Å²) in [6.07, 6.45) is 6.23. The first kappa shape index (κ1) is 25.8. The number of halogens is 2. The molecule has 1 aromatic heterocycles. The number of pyridine rings is 1. The quantitative estimate of drug-likeness (QED) is 0.375. The van der Waals surface area contributed by atoms with Crippen molar-refractivity contribution in [3.63, 3.8) is 0 Å². The third-order valence-electron chi connectivity index (χ3n) is 6.98. The zero-order valence-electron chi connectivity index (χ0n) is 20.3. The van der Waals surface area contributed by atoms with E-state index in [1.165, 1.54) is 6.07 Å². The topological polar surface area (TPSA) is 87.7 Å². The molecule has 2 fully saturated rings. The summed E-state index contributed by atoms with van der Waals surface area (Å²) < 4.78 is 39.9. The molecule has 1 aromatic carbocycles. The van der Waals surface area contributed by atoms with E-state index in [-0.39, 0.29) is 17.2 Å². The number of hydrogen-bond donors (Lipinski definition) is 4. The highest BCUT2D eigenvalue weighted by Gasteiger charge is 2.29. The van der Waals surface area contributed by atoms with Crippen LogP contribution in [0.1, 0.15) is 38.5 Å². The molecule has 2 aromatic rings. The van der Waals surface area contributed by atoms with Gasteiger partial charge in [-0.3, -0.25) is 0 Å². The van der Waals surface area contributed by atoms with Gasteiger partial charge in [-0.05, 0) is 49.9 Å². The molecule has 4 rings (SSSR count). The average molecular weight is 491 g/mol. The maximum absolute atomic E-state index is 14.7. The molecule has 1 aliphatic carbocycles. The van der Waals surface area contributed by atoms with Gasteiger partial charge in [0.2, 0.25) is 0 Å². The van der Waals surface area contributed by atoms with Crippen LogP contribution in [0.25, 0.3) is 11.1 Å². The number of nitrogens with zero attached hydrogens (tertiary/aromatic N) is 1. The first-order chi connectivity index (χ1) is 17.0. The Hall–Kier alpha value is -2.33. The highest BCUT2D eigenvalue weighted by atomic mass is 19.1. The Morgan fingerprint density at radius 3 is 2.51 bits per heavy atom. The second-order valence-corrected chi connectivity index (χ2v) is 9.57. The minimum absolute atomic E-state index is 0.156. The lowest BCUT2D eigenvalue weighted by Crippen LogP contribution is -2.42. The van der Waals surface area contributed by atoms with Gasteiger partial charge < -0.3 is 30.5 Å². The molecule has 192 valence electrons. The van der Waals surface area contributed by atoms with Crippen LogP contribution in [0.2, 0.25) is 0 Å². The van der Waals surface area contributed by atoms with E-state index in [9.17, 15) is 13.9 Å². The molecular formula is C26H36F2N4O3. The molecule has 0 atom stereocenters. The van der Waals surface area contributed by atoms with E-state index in [1.807, 2.05) is 0 Å². The van der Waals surface area contributed by atoms with Gasteiger partial charge in [-0.2, -0.15) is 0 Å². The molecule has 1 saturated carbocycles. The molecule has 0 bridgehead atoms. The normalized spacial score (nSPS) is 22.1. The minimum atomic E-state index is -0.871. The number of aliphatic hydroxyl groups is 1. The molecule has 2 heterocycles. The van der Waals surface area contributed by atoms with Crippen molar-refractivity contribution in [2.75, 3.05) is 50.7 Å². The fraction of sp³-hybridized carbons (Fsp3) is 0.577. The zero-order valence-corrected chi connectivity index (χ0v) is 20.3. The summed E-state index contributed by atoms with van der Waals surface area (Å²) in [4.78, 5) is 4.20. The maximum atomic E-state index is 14.7. The number of benzene rings is 1. The fourth-order valence-electron chi connectivity index (χ4n) is 4.78. The lowest BCUT2D eigenvalue weighted by molar-refractivity contribution is -0.0543. The first-order valence-electron chi connectivity index (χ1n) is 12.4. The molecule has 0 spiro atoms. The van der Waals surface area contributed by atoms with Crippen LogP contribution < -0.4 is 16.0 Å². The van der Waals surface area contributed by atoms with E-state index >= 15 is 0 Å². The molecule has 1 saturated heterocycles. The van der Waals surface area contributed by atoms with Crippen LogP contribution in [0.15, 0.2) is 30.5 Å². The smallest absolute Gasteiger partial charge is 0.149 e. The Kier molecular flexibility index (Phi) is 8.89. The molecule has 0 amide bonds. The number of rotatable bonds is 10. The molecule has 0 unspecified atom stereocenters. The Bertz CT molecular complexity index is 964. The van der Waals surface area contributed by atoms with Gasteiger partial charge in [0, 0.05) is 75.2 Å². The number of anilines is 2. The van der Waals surface area contributed by atoms with Crippen LogP contribution >= 0.6 is 0 Å². The van der Waals surface area contributed by atoms with E-state index in [2.05, 4.69) is 20.9 Å². The van der Waals surface area contributed by atoms with Crippen molar-refractivity contribution in [2.45, 2.75) is 56.2 Å². The largest absolute Gasteiger partial charge is 0.388 e. The summed E-state index contributed by atoms with van der Waals surface area (Å²) in [6.45, 7) is 2.88. The zero-order chi connectivity index (χ0) is 24.7. The molecular weight excluding hydrogens is 454 g/mol. The number of nitrogens with one attached hydrogen (secondary N) is 3.